The van der Waals surface area contributed by atoms with Crippen molar-refractivity contribution in [3.05, 3.63) is 63.6 Å². The Bertz CT molecular complexity index is 583. The maximum Gasteiger partial charge on any atom is 0.133 e. The predicted molar refractivity (Wildman–Crippen MR) is 87.4 cm³/mol. The molecule has 0 spiro atoms. The lowest BCUT2D eigenvalue weighted by molar-refractivity contribution is 0.412. The summed E-state index contributed by atoms with van der Waals surface area (Å²) in [5.74, 6) is 0.866. The van der Waals surface area contributed by atoms with Gasteiger partial charge in [-0.25, -0.2) is 0 Å². The van der Waals surface area contributed by atoms with E-state index < -0.39 is 0 Å². The van der Waals surface area contributed by atoms with E-state index in [4.69, 9.17) is 4.74 Å². The first-order valence-electron chi connectivity index (χ1n) is 6.71. The van der Waals surface area contributed by atoms with Crippen molar-refractivity contribution in [3.63, 3.8) is 0 Å². The third-order valence-corrected chi connectivity index (χ3v) is 4.19. The minimum absolute atomic E-state index is 0.316. The standard InChI is InChI=1S/C17H20BrNO/c1-12-6-4-5-7-14(12)16(19-2)11-13-8-9-17(20-3)15(18)10-13/h4-10,16,19H,11H2,1-3H3. The third kappa shape index (κ3) is 3.41. The molecule has 0 saturated heterocycles. The van der Waals surface area contributed by atoms with Gasteiger partial charge in [0.15, 0.2) is 0 Å². The van der Waals surface area contributed by atoms with Crippen molar-refractivity contribution in [2.45, 2.75) is 19.4 Å². The quantitative estimate of drug-likeness (QED) is 0.882. The summed E-state index contributed by atoms with van der Waals surface area (Å²) in [5.41, 5.74) is 3.95. The van der Waals surface area contributed by atoms with E-state index >= 15 is 0 Å². The second-order valence-electron chi connectivity index (χ2n) is 4.87. The lowest BCUT2D eigenvalue weighted by atomic mass is 9.95. The molecule has 0 bridgehead atoms. The Morgan fingerprint density at radius 3 is 2.55 bits per heavy atom. The minimum Gasteiger partial charge on any atom is -0.496 e. The van der Waals surface area contributed by atoms with Crippen LogP contribution in [0.4, 0.5) is 0 Å². The van der Waals surface area contributed by atoms with Crippen molar-refractivity contribution in [2.24, 2.45) is 0 Å². The van der Waals surface area contributed by atoms with Gasteiger partial charge in [-0.05, 0) is 65.1 Å². The molecule has 1 unspecified atom stereocenters. The number of benzene rings is 2. The Morgan fingerprint density at radius 2 is 1.95 bits per heavy atom. The second kappa shape index (κ2) is 6.91. The highest BCUT2D eigenvalue weighted by atomic mass is 79.9. The molecule has 2 rings (SSSR count). The molecule has 106 valence electrons. The fraction of sp³-hybridized carbons (Fsp3) is 0.294. The van der Waals surface area contributed by atoms with E-state index in [2.05, 4.69) is 64.6 Å². The first-order valence-corrected chi connectivity index (χ1v) is 7.50. The molecule has 1 atom stereocenters. The number of halogens is 1. The summed E-state index contributed by atoms with van der Waals surface area (Å²) in [5, 5.41) is 3.41. The van der Waals surface area contributed by atoms with Gasteiger partial charge in [0.05, 0.1) is 11.6 Å². The Hall–Kier alpha value is -1.32. The molecule has 0 amide bonds. The molecular weight excluding hydrogens is 314 g/mol. The van der Waals surface area contributed by atoms with E-state index in [1.54, 1.807) is 7.11 Å². The van der Waals surface area contributed by atoms with Gasteiger partial charge in [-0.1, -0.05) is 30.3 Å². The SMILES string of the molecule is CNC(Cc1ccc(OC)c(Br)c1)c1ccccc1C. The second-order valence-corrected chi connectivity index (χ2v) is 5.73. The number of aryl methyl sites for hydroxylation is 1. The molecule has 0 heterocycles. The molecular formula is C17H20BrNO. The molecule has 2 aromatic carbocycles. The molecule has 0 saturated carbocycles. The van der Waals surface area contributed by atoms with Gasteiger partial charge < -0.3 is 10.1 Å². The fourth-order valence-electron chi connectivity index (χ4n) is 2.42. The summed E-state index contributed by atoms with van der Waals surface area (Å²) in [7, 11) is 3.69. The topological polar surface area (TPSA) is 21.3 Å². The molecule has 1 N–H and O–H groups in total. The first kappa shape index (κ1) is 15.1. The highest BCUT2D eigenvalue weighted by Crippen LogP contribution is 2.28. The van der Waals surface area contributed by atoms with Gasteiger partial charge >= 0.3 is 0 Å². The number of hydrogen-bond donors (Lipinski definition) is 1. The minimum atomic E-state index is 0.316. The van der Waals surface area contributed by atoms with E-state index in [1.165, 1.54) is 16.7 Å². The molecule has 0 aliphatic carbocycles. The van der Waals surface area contributed by atoms with E-state index in [9.17, 15) is 0 Å². The molecule has 0 radical (unpaired) electrons. The molecule has 0 fully saturated rings. The van der Waals surface area contributed by atoms with Gasteiger partial charge in [-0.3, -0.25) is 0 Å². The van der Waals surface area contributed by atoms with Crippen LogP contribution in [0.5, 0.6) is 5.75 Å². The summed E-state index contributed by atoms with van der Waals surface area (Å²) in [6.07, 6.45) is 0.948. The van der Waals surface area contributed by atoms with Gasteiger partial charge in [0.25, 0.3) is 0 Å². The molecule has 0 aromatic heterocycles. The highest BCUT2D eigenvalue weighted by molar-refractivity contribution is 9.10. The zero-order valence-corrected chi connectivity index (χ0v) is 13.7. The third-order valence-electron chi connectivity index (χ3n) is 3.57. The van der Waals surface area contributed by atoms with Crippen LogP contribution in [0.15, 0.2) is 46.9 Å². The van der Waals surface area contributed by atoms with Crippen LogP contribution in [0.25, 0.3) is 0 Å². The van der Waals surface area contributed by atoms with Crippen LogP contribution in [0, 0.1) is 6.92 Å². The number of hydrogen-bond acceptors (Lipinski definition) is 2. The maximum absolute atomic E-state index is 5.27. The van der Waals surface area contributed by atoms with Crippen LogP contribution >= 0.6 is 15.9 Å². The van der Waals surface area contributed by atoms with E-state index in [1.807, 2.05) is 13.1 Å². The lowest BCUT2D eigenvalue weighted by Crippen LogP contribution is -2.19. The Balaban J connectivity index is 2.23. The van der Waals surface area contributed by atoms with Crippen LogP contribution in [-0.2, 0) is 6.42 Å². The summed E-state index contributed by atoms with van der Waals surface area (Å²) in [6.45, 7) is 2.16. The number of likely N-dealkylation sites (N-methyl/N-ethyl adjacent to an activating group) is 1. The van der Waals surface area contributed by atoms with Crippen LogP contribution in [0.1, 0.15) is 22.7 Å². The van der Waals surface area contributed by atoms with Crippen molar-refractivity contribution in [3.8, 4) is 5.75 Å². The van der Waals surface area contributed by atoms with Crippen LogP contribution in [-0.4, -0.2) is 14.2 Å². The Labute approximate surface area is 129 Å². The molecule has 2 aromatic rings. The van der Waals surface area contributed by atoms with Crippen LogP contribution in [0.3, 0.4) is 0 Å². The van der Waals surface area contributed by atoms with Gasteiger partial charge in [-0.2, -0.15) is 0 Å². The van der Waals surface area contributed by atoms with E-state index in [0.29, 0.717) is 6.04 Å². The summed E-state index contributed by atoms with van der Waals surface area (Å²) >= 11 is 3.54. The molecule has 3 heteroatoms. The van der Waals surface area contributed by atoms with E-state index in [-0.39, 0.29) is 0 Å². The summed E-state index contributed by atoms with van der Waals surface area (Å²) < 4.78 is 6.27. The van der Waals surface area contributed by atoms with Crippen molar-refractivity contribution in [2.75, 3.05) is 14.2 Å². The monoisotopic (exact) mass is 333 g/mol. The lowest BCUT2D eigenvalue weighted by Gasteiger charge is -2.19. The number of ether oxygens (including phenoxy) is 1. The Kier molecular flexibility index (Phi) is 5.21. The maximum atomic E-state index is 5.27. The van der Waals surface area contributed by atoms with Gasteiger partial charge in [0.2, 0.25) is 0 Å². The van der Waals surface area contributed by atoms with Gasteiger partial charge in [-0.15, -0.1) is 0 Å². The summed E-state index contributed by atoms with van der Waals surface area (Å²) in [6, 6.07) is 15.1. The van der Waals surface area contributed by atoms with Crippen molar-refractivity contribution in [1.29, 1.82) is 0 Å². The Morgan fingerprint density at radius 1 is 1.20 bits per heavy atom. The van der Waals surface area contributed by atoms with Gasteiger partial charge in [0.1, 0.15) is 5.75 Å². The largest absolute Gasteiger partial charge is 0.496 e. The normalized spacial score (nSPS) is 12.2. The molecule has 20 heavy (non-hydrogen) atoms. The molecule has 0 aliphatic rings. The predicted octanol–water partition coefficient (Wildman–Crippen LogP) is 4.27. The number of nitrogens with one attached hydrogen (secondary N) is 1. The average Bonchev–Trinajstić information content (AvgIpc) is 2.46. The number of methoxy groups -OCH3 is 1. The zero-order valence-electron chi connectivity index (χ0n) is 12.1. The first-order chi connectivity index (χ1) is 9.65. The molecule has 2 nitrogen and oxygen atoms in total. The fourth-order valence-corrected chi connectivity index (χ4v) is 3.01. The van der Waals surface area contributed by atoms with Gasteiger partial charge in [0, 0.05) is 6.04 Å². The van der Waals surface area contributed by atoms with Crippen molar-refractivity contribution >= 4 is 15.9 Å². The average molecular weight is 334 g/mol. The van der Waals surface area contributed by atoms with E-state index in [0.717, 1.165) is 16.6 Å². The summed E-state index contributed by atoms with van der Waals surface area (Å²) in [4.78, 5) is 0. The van der Waals surface area contributed by atoms with Crippen LogP contribution < -0.4 is 10.1 Å². The van der Waals surface area contributed by atoms with Crippen LogP contribution in [0.2, 0.25) is 0 Å². The van der Waals surface area contributed by atoms with Crippen molar-refractivity contribution in [1.82, 2.24) is 5.32 Å². The van der Waals surface area contributed by atoms with Crippen molar-refractivity contribution < 1.29 is 4.74 Å². The zero-order chi connectivity index (χ0) is 14.5. The molecule has 0 aliphatic heterocycles. The highest BCUT2D eigenvalue weighted by Gasteiger charge is 2.13. The number of rotatable bonds is 5. The smallest absolute Gasteiger partial charge is 0.133 e.